The highest BCUT2D eigenvalue weighted by atomic mass is 35.5. The van der Waals surface area contributed by atoms with Crippen LogP contribution in [0.5, 0.6) is 0 Å². The predicted molar refractivity (Wildman–Crippen MR) is 98.3 cm³/mol. The maximum absolute atomic E-state index is 12.5. The van der Waals surface area contributed by atoms with Gasteiger partial charge >= 0.3 is 0 Å². The lowest BCUT2D eigenvalue weighted by atomic mass is 9.99. The molecule has 0 saturated heterocycles. The summed E-state index contributed by atoms with van der Waals surface area (Å²) in [6.45, 7) is 2.23. The molecule has 122 valence electrons. The molecule has 0 heterocycles. The number of unbranched alkanes of at least 4 members (excludes halogenated alkanes) is 4. The van der Waals surface area contributed by atoms with Crippen LogP contribution in [0.25, 0.3) is 0 Å². The van der Waals surface area contributed by atoms with Gasteiger partial charge in [0.1, 0.15) is 5.38 Å². The number of alkyl halides is 1. The van der Waals surface area contributed by atoms with Crippen molar-refractivity contribution in [2.45, 2.75) is 50.8 Å². The van der Waals surface area contributed by atoms with Crippen molar-refractivity contribution in [3.63, 3.8) is 0 Å². The zero-order valence-electron chi connectivity index (χ0n) is 13.8. The third-order valence-electron chi connectivity index (χ3n) is 4.13. The van der Waals surface area contributed by atoms with Crippen molar-refractivity contribution in [1.29, 1.82) is 0 Å². The molecule has 0 spiro atoms. The fourth-order valence-electron chi connectivity index (χ4n) is 2.69. The highest BCUT2D eigenvalue weighted by Gasteiger charge is 2.18. The van der Waals surface area contributed by atoms with Crippen molar-refractivity contribution in [3.8, 4) is 0 Å². The van der Waals surface area contributed by atoms with Gasteiger partial charge in [-0.25, -0.2) is 0 Å². The number of halogens is 1. The fraction of sp³-hybridized carbons (Fsp3) is 0.381. The van der Waals surface area contributed by atoms with Crippen molar-refractivity contribution in [3.05, 3.63) is 71.3 Å². The van der Waals surface area contributed by atoms with E-state index in [4.69, 9.17) is 11.6 Å². The van der Waals surface area contributed by atoms with Gasteiger partial charge in [0.15, 0.2) is 5.78 Å². The summed E-state index contributed by atoms with van der Waals surface area (Å²) in [6, 6.07) is 17.4. The number of rotatable bonds is 9. The van der Waals surface area contributed by atoms with Crippen LogP contribution in [0.15, 0.2) is 54.6 Å². The van der Waals surface area contributed by atoms with Crippen LogP contribution in [0.2, 0.25) is 0 Å². The minimum atomic E-state index is -0.615. The fourth-order valence-corrected chi connectivity index (χ4v) is 2.96. The van der Waals surface area contributed by atoms with Crippen LogP contribution in [0.1, 0.15) is 65.9 Å². The first-order valence-electron chi connectivity index (χ1n) is 8.54. The molecule has 0 aromatic heterocycles. The summed E-state index contributed by atoms with van der Waals surface area (Å²) < 4.78 is 0. The second-order valence-electron chi connectivity index (χ2n) is 6.00. The standard InChI is InChI=1S/C21H25ClO/c1-2-3-4-5-7-10-17-13-15-19(16-14-17)21(23)20(22)18-11-8-6-9-12-18/h6,8-9,11-16,20H,2-5,7,10H2,1H3. The zero-order valence-corrected chi connectivity index (χ0v) is 14.6. The van der Waals surface area contributed by atoms with Gasteiger partial charge in [0, 0.05) is 5.56 Å². The first-order chi connectivity index (χ1) is 11.2. The number of Topliss-reactive ketones (excluding diaryl/α,β-unsaturated/α-hetero) is 1. The Balaban J connectivity index is 1.90. The molecule has 0 saturated carbocycles. The van der Waals surface area contributed by atoms with Gasteiger partial charge in [-0.2, -0.15) is 0 Å². The Morgan fingerprint density at radius 1 is 0.913 bits per heavy atom. The number of carbonyl (C=O) groups excluding carboxylic acids is 1. The maximum Gasteiger partial charge on any atom is 0.185 e. The average Bonchev–Trinajstić information content (AvgIpc) is 2.61. The average molecular weight is 329 g/mol. The Morgan fingerprint density at radius 3 is 2.22 bits per heavy atom. The molecular formula is C21H25ClO. The minimum Gasteiger partial charge on any atom is -0.292 e. The number of carbonyl (C=O) groups is 1. The van der Waals surface area contributed by atoms with Gasteiger partial charge in [-0.05, 0) is 24.0 Å². The first-order valence-corrected chi connectivity index (χ1v) is 8.98. The topological polar surface area (TPSA) is 17.1 Å². The van der Waals surface area contributed by atoms with Gasteiger partial charge in [0.2, 0.25) is 0 Å². The Hall–Kier alpha value is -1.60. The molecule has 0 aliphatic rings. The second kappa shape index (κ2) is 9.52. The van der Waals surface area contributed by atoms with Crippen LogP contribution in [-0.4, -0.2) is 5.78 Å². The molecule has 0 amide bonds. The Labute approximate surface area is 144 Å². The van der Waals surface area contributed by atoms with E-state index < -0.39 is 5.38 Å². The molecule has 0 aliphatic heterocycles. The molecule has 2 heteroatoms. The van der Waals surface area contributed by atoms with Crippen molar-refractivity contribution >= 4 is 17.4 Å². The summed E-state index contributed by atoms with van der Waals surface area (Å²) in [5.74, 6) is -0.0348. The van der Waals surface area contributed by atoms with Crippen LogP contribution in [0.3, 0.4) is 0 Å². The van der Waals surface area contributed by atoms with E-state index in [9.17, 15) is 4.79 Å². The molecular weight excluding hydrogens is 304 g/mol. The number of benzene rings is 2. The third-order valence-corrected chi connectivity index (χ3v) is 4.58. The summed E-state index contributed by atoms with van der Waals surface area (Å²) in [5, 5.41) is -0.615. The normalized spacial score (nSPS) is 12.1. The van der Waals surface area contributed by atoms with E-state index >= 15 is 0 Å². The third kappa shape index (κ3) is 5.51. The molecule has 0 radical (unpaired) electrons. The number of aryl methyl sites for hydroxylation is 1. The molecule has 1 atom stereocenters. The van der Waals surface area contributed by atoms with E-state index in [1.54, 1.807) is 0 Å². The molecule has 2 aromatic carbocycles. The Kier molecular flexibility index (Phi) is 7.35. The van der Waals surface area contributed by atoms with Crippen LogP contribution in [0.4, 0.5) is 0 Å². The van der Waals surface area contributed by atoms with Crippen molar-refractivity contribution in [1.82, 2.24) is 0 Å². The Bertz CT molecular complexity index is 589. The van der Waals surface area contributed by atoms with E-state index in [-0.39, 0.29) is 5.78 Å². The number of hydrogen-bond donors (Lipinski definition) is 0. The summed E-state index contributed by atoms with van der Waals surface area (Å²) in [5.41, 5.74) is 2.83. The van der Waals surface area contributed by atoms with Gasteiger partial charge in [-0.1, -0.05) is 87.2 Å². The second-order valence-corrected chi connectivity index (χ2v) is 6.44. The molecule has 23 heavy (non-hydrogen) atoms. The van der Waals surface area contributed by atoms with Crippen LogP contribution < -0.4 is 0 Å². The molecule has 1 nitrogen and oxygen atoms in total. The van der Waals surface area contributed by atoms with E-state index in [2.05, 4.69) is 19.1 Å². The first kappa shape index (κ1) is 17.7. The van der Waals surface area contributed by atoms with E-state index in [0.717, 1.165) is 12.0 Å². The zero-order chi connectivity index (χ0) is 16.5. The summed E-state index contributed by atoms with van der Waals surface area (Å²) >= 11 is 6.31. The van der Waals surface area contributed by atoms with Crippen LogP contribution in [0, 0.1) is 0 Å². The molecule has 2 rings (SSSR count). The van der Waals surface area contributed by atoms with Crippen LogP contribution in [-0.2, 0) is 6.42 Å². The van der Waals surface area contributed by atoms with Gasteiger partial charge < -0.3 is 0 Å². The predicted octanol–water partition coefficient (Wildman–Crippen LogP) is 6.36. The summed E-state index contributed by atoms with van der Waals surface area (Å²) in [4.78, 5) is 12.5. The minimum absolute atomic E-state index is 0.0348. The molecule has 0 N–H and O–H groups in total. The molecule has 1 unspecified atom stereocenters. The molecule has 0 bridgehead atoms. The lowest BCUT2D eigenvalue weighted by molar-refractivity contribution is 0.0987. The summed E-state index contributed by atoms with van der Waals surface area (Å²) in [6.07, 6.45) is 7.50. The lowest BCUT2D eigenvalue weighted by Gasteiger charge is -2.09. The maximum atomic E-state index is 12.5. The van der Waals surface area contributed by atoms with Crippen molar-refractivity contribution < 1.29 is 4.79 Å². The van der Waals surface area contributed by atoms with Gasteiger partial charge in [-0.3, -0.25) is 4.79 Å². The van der Waals surface area contributed by atoms with Gasteiger partial charge in [-0.15, -0.1) is 11.6 Å². The van der Waals surface area contributed by atoms with E-state index in [0.29, 0.717) is 5.56 Å². The molecule has 0 aliphatic carbocycles. The summed E-state index contributed by atoms with van der Waals surface area (Å²) in [7, 11) is 0. The molecule has 2 aromatic rings. The number of hydrogen-bond acceptors (Lipinski definition) is 1. The van der Waals surface area contributed by atoms with E-state index in [1.807, 2.05) is 42.5 Å². The van der Waals surface area contributed by atoms with Crippen molar-refractivity contribution in [2.75, 3.05) is 0 Å². The molecule has 0 fully saturated rings. The highest BCUT2D eigenvalue weighted by Crippen LogP contribution is 2.25. The highest BCUT2D eigenvalue weighted by molar-refractivity contribution is 6.33. The van der Waals surface area contributed by atoms with Gasteiger partial charge in [0.25, 0.3) is 0 Å². The van der Waals surface area contributed by atoms with Crippen molar-refractivity contribution in [2.24, 2.45) is 0 Å². The lowest BCUT2D eigenvalue weighted by Crippen LogP contribution is -2.07. The SMILES string of the molecule is CCCCCCCc1ccc(C(=O)C(Cl)c2ccccc2)cc1. The smallest absolute Gasteiger partial charge is 0.185 e. The quantitative estimate of drug-likeness (QED) is 0.297. The number of ketones is 1. The monoisotopic (exact) mass is 328 g/mol. The van der Waals surface area contributed by atoms with Gasteiger partial charge in [0.05, 0.1) is 0 Å². The Morgan fingerprint density at radius 2 is 1.57 bits per heavy atom. The van der Waals surface area contributed by atoms with Crippen LogP contribution >= 0.6 is 11.6 Å². The van der Waals surface area contributed by atoms with E-state index in [1.165, 1.54) is 37.7 Å². The largest absolute Gasteiger partial charge is 0.292 e.